The highest BCUT2D eigenvalue weighted by Gasteiger charge is 2.14. The molecule has 0 unspecified atom stereocenters. The second-order valence-electron chi connectivity index (χ2n) is 3.95. The molecular weight excluding hydrogens is 289 g/mol. The van der Waals surface area contributed by atoms with Crippen molar-refractivity contribution in [1.29, 1.82) is 0 Å². The predicted octanol–water partition coefficient (Wildman–Crippen LogP) is 4.45. The molecule has 0 aliphatic rings. The van der Waals surface area contributed by atoms with Crippen LogP contribution in [0.4, 0.5) is 0 Å². The summed E-state index contributed by atoms with van der Waals surface area (Å²) in [6.07, 6.45) is 3.08. The third-order valence-corrected chi connectivity index (χ3v) is 3.77. The SMILES string of the molecule is CC(C)c1c(Cl)ncnc1Sc1ccc(Cl)cn1. The summed E-state index contributed by atoms with van der Waals surface area (Å²) in [5.41, 5.74) is 0.945. The van der Waals surface area contributed by atoms with E-state index in [1.54, 1.807) is 12.3 Å². The number of pyridine rings is 1. The lowest BCUT2D eigenvalue weighted by Crippen LogP contribution is -1.98. The van der Waals surface area contributed by atoms with Crippen molar-refractivity contribution < 1.29 is 0 Å². The van der Waals surface area contributed by atoms with Crippen LogP contribution >= 0.6 is 35.0 Å². The normalized spacial score (nSPS) is 10.9. The molecule has 0 spiro atoms. The smallest absolute Gasteiger partial charge is 0.137 e. The highest BCUT2D eigenvalue weighted by atomic mass is 35.5. The molecule has 2 heterocycles. The first kappa shape index (κ1) is 13.6. The molecule has 0 saturated carbocycles. The molecule has 3 nitrogen and oxygen atoms in total. The van der Waals surface area contributed by atoms with Gasteiger partial charge in [-0.15, -0.1) is 0 Å². The van der Waals surface area contributed by atoms with Crippen molar-refractivity contribution in [1.82, 2.24) is 15.0 Å². The number of aromatic nitrogens is 3. The summed E-state index contributed by atoms with van der Waals surface area (Å²) in [5.74, 6) is 0.258. The average Bonchev–Trinajstić information content (AvgIpc) is 2.32. The first-order valence-corrected chi connectivity index (χ1v) is 6.95. The molecule has 18 heavy (non-hydrogen) atoms. The lowest BCUT2D eigenvalue weighted by molar-refractivity contribution is 0.802. The first-order chi connectivity index (χ1) is 8.58. The summed E-state index contributed by atoms with van der Waals surface area (Å²) in [6, 6.07) is 3.65. The zero-order valence-corrected chi connectivity index (χ0v) is 12.2. The number of hydrogen-bond acceptors (Lipinski definition) is 4. The molecule has 0 aromatic carbocycles. The van der Waals surface area contributed by atoms with Gasteiger partial charge in [0.15, 0.2) is 0 Å². The average molecular weight is 300 g/mol. The molecule has 0 saturated heterocycles. The highest BCUT2D eigenvalue weighted by molar-refractivity contribution is 7.99. The van der Waals surface area contributed by atoms with Crippen molar-refractivity contribution in [2.45, 2.75) is 29.8 Å². The Morgan fingerprint density at radius 1 is 1.11 bits per heavy atom. The van der Waals surface area contributed by atoms with E-state index in [1.165, 1.54) is 18.1 Å². The van der Waals surface area contributed by atoms with Crippen LogP contribution in [-0.2, 0) is 0 Å². The Hall–Kier alpha value is -0.840. The summed E-state index contributed by atoms with van der Waals surface area (Å²) in [6.45, 7) is 4.12. The zero-order valence-electron chi connectivity index (χ0n) is 9.89. The van der Waals surface area contributed by atoms with E-state index in [0.29, 0.717) is 10.2 Å². The van der Waals surface area contributed by atoms with Crippen LogP contribution in [0.25, 0.3) is 0 Å². The van der Waals surface area contributed by atoms with Crippen LogP contribution in [0.5, 0.6) is 0 Å². The van der Waals surface area contributed by atoms with Gasteiger partial charge in [0.1, 0.15) is 21.5 Å². The molecule has 0 bridgehead atoms. The van der Waals surface area contributed by atoms with Gasteiger partial charge in [0.2, 0.25) is 0 Å². The Morgan fingerprint density at radius 2 is 1.89 bits per heavy atom. The molecule has 94 valence electrons. The van der Waals surface area contributed by atoms with Gasteiger partial charge in [-0.25, -0.2) is 15.0 Å². The van der Waals surface area contributed by atoms with E-state index in [4.69, 9.17) is 23.2 Å². The summed E-state index contributed by atoms with van der Waals surface area (Å²) < 4.78 is 0. The number of halogens is 2. The van der Waals surface area contributed by atoms with Crippen molar-refractivity contribution in [2.24, 2.45) is 0 Å². The van der Waals surface area contributed by atoms with E-state index in [-0.39, 0.29) is 5.92 Å². The molecule has 2 rings (SSSR count). The summed E-state index contributed by atoms with van der Waals surface area (Å²) >= 11 is 13.4. The fourth-order valence-electron chi connectivity index (χ4n) is 1.45. The van der Waals surface area contributed by atoms with E-state index in [2.05, 4.69) is 28.8 Å². The minimum atomic E-state index is 0.258. The van der Waals surface area contributed by atoms with Crippen molar-refractivity contribution in [3.05, 3.63) is 40.4 Å². The molecule has 2 aromatic heterocycles. The van der Waals surface area contributed by atoms with E-state index in [1.807, 2.05) is 6.07 Å². The molecule has 0 aliphatic heterocycles. The molecule has 0 amide bonds. The molecule has 2 aromatic rings. The Bertz CT molecular complexity index is 544. The molecule has 6 heteroatoms. The minimum absolute atomic E-state index is 0.258. The number of rotatable bonds is 3. The van der Waals surface area contributed by atoms with Gasteiger partial charge in [0.05, 0.1) is 5.02 Å². The van der Waals surface area contributed by atoms with Gasteiger partial charge < -0.3 is 0 Å². The molecular formula is C12H11Cl2N3S. The second-order valence-corrected chi connectivity index (χ2v) is 5.76. The van der Waals surface area contributed by atoms with Crippen LogP contribution in [0.1, 0.15) is 25.3 Å². The molecule has 0 fully saturated rings. The largest absolute Gasteiger partial charge is 0.248 e. The zero-order chi connectivity index (χ0) is 13.1. The summed E-state index contributed by atoms with van der Waals surface area (Å²) in [5, 5.41) is 2.77. The van der Waals surface area contributed by atoms with Crippen LogP contribution in [0.3, 0.4) is 0 Å². The van der Waals surface area contributed by atoms with Crippen molar-refractivity contribution in [3.63, 3.8) is 0 Å². The molecule has 0 aliphatic carbocycles. The van der Waals surface area contributed by atoms with E-state index < -0.39 is 0 Å². The van der Waals surface area contributed by atoms with Gasteiger partial charge in [-0.2, -0.15) is 0 Å². The van der Waals surface area contributed by atoms with Crippen LogP contribution in [0.2, 0.25) is 10.2 Å². The van der Waals surface area contributed by atoms with Gasteiger partial charge in [0, 0.05) is 11.8 Å². The molecule has 0 atom stereocenters. The standard InChI is InChI=1S/C12H11Cl2N3S/c1-7(2)10-11(14)16-6-17-12(10)18-9-4-3-8(13)5-15-9/h3-7H,1-2H3. The Kier molecular flexibility index (Phi) is 4.43. The Labute approximate surface area is 120 Å². The minimum Gasteiger partial charge on any atom is -0.248 e. The van der Waals surface area contributed by atoms with Crippen molar-refractivity contribution in [2.75, 3.05) is 0 Å². The third-order valence-electron chi connectivity index (χ3n) is 2.28. The fourth-order valence-corrected chi connectivity index (χ4v) is 2.95. The van der Waals surface area contributed by atoms with Crippen molar-refractivity contribution >= 4 is 35.0 Å². The highest BCUT2D eigenvalue weighted by Crippen LogP contribution is 2.34. The maximum atomic E-state index is 6.11. The van der Waals surface area contributed by atoms with Crippen LogP contribution in [0, 0.1) is 0 Å². The van der Waals surface area contributed by atoms with E-state index in [0.717, 1.165) is 15.6 Å². The Balaban J connectivity index is 2.34. The maximum absolute atomic E-state index is 6.11. The Morgan fingerprint density at radius 3 is 2.50 bits per heavy atom. The fraction of sp³-hybridized carbons (Fsp3) is 0.250. The third kappa shape index (κ3) is 3.13. The molecule has 0 radical (unpaired) electrons. The maximum Gasteiger partial charge on any atom is 0.137 e. The van der Waals surface area contributed by atoms with Gasteiger partial charge in [-0.1, -0.05) is 37.0 Å². The number of hydrogen-bond donors (Lipinski definition) is 0. The van der Waals surface area contributed by atoms with Gasteiger partial charge in [0.25, 0.3) is 0 Å². The van der Waals surface area contributed by atoms with Crippen molar-refractivity contribution in [3.8, 4) is 0 Å². The summed E-state index contributed by atoms with van der Waals surface area (Å²) in [7, 11) is 0. The summed E-state index contributed by atoms with van der Waals surface area (Å²) in [4.78, 5) is 12.5. The quantitative estimate of drug-likeness (QED) is 0.785. The van der Waals surface area contributed by atoms with E-state index >= 15 is 0 Å². The van der Waals surface area contributed by atoms with Gasteiger partial charge in [-0.3, -0.25) is 0 Å². The predicted molar refractivity (Wildman–Crippen MR) is 74.5 cm³/mol. The first-order valence-electron chi connectivity index (χ1n) is 5.37. The van der Waals surface area contributed by atoms with Gasteiger partial charge in [-0.05, 0) is 29.8 Å². The monoisotopic (exact) mass is 299 g/mol. The van der Waals surface area contributed by atoms with Gasteiger partial charge >= 0.3 is 0 Å². The lowest BCUT2D eigenvalue weighted by atomic mass is 10.1. The van der Waals surface area contributed by atoms with Crippen LogP contribution < -0.4 is 0 Å². The molecule has 0 N–H and O–H groups in total. The number of nitrogens with zero attached hydrogens (tertiary/aromatic N) is 3. The van der Waals surface area contributed by atoms with Crippen LogP contribution in [-0.4, -0.2) is 15.0 Å². The second kappa shape index (κ2) is 5.87. The lowest BCUT2D eigenvalue weighted by Gasteiger charge is -2.11. The topological polar surface area (TPSA) is 38.7 Å². The van der Waals surface area contributed by atoms with E-state index in [9.17, 15) is 0 Å². The van der Waals surface area contributed by atoms with Crippen LogP contribution in [0.15, 0.2) is 34.7 Å².